The first-order valence-corrected chi connectivity index (χ1v) is 11.8. The average Bonchev–Trinajstić information content (AvgIpc) is 3.39. The summed E-state index contributed by atoms with van der Waals surface area (Å²) in [5, 5.41) is 11.3. The first-order chi connectivity index (χ1) is 16.6. The second-order valence-electron chi connectivity index (χ2n) is 8.63. The number of hydrogen-bond acceptors (Lipinski definition) is 4. The topological polar surface area (TPSA) is 67.6 Å². The molecule has 2 unspecified atom stereocenters. The normalized spacial score (nSPS) is 16.8. The average molecular weight is 476 g/mol. The molecule has 1 fully saturated rings. The molecular weight excluding hydrogens is 450 g/mol. The number of aromatic nitrogens is 2. The molecule has 0 spiro atoms. The van der Waals surface area contributed by atoms with Crippen LogP contribution < -0.4 is 4.74 Å². The lowest BCUT2D eigenvalue weighted by Gasteiger charge is -2.19. The van der Waals surface area contributed by atoms with Gasteiger partial charge in [-0.2, -0.15) is 0 Å². The molecule has 0 saturated carbocycles. The van der Waals surface area contributed by atoms with E-state index in [2.05, 4.69) is 0 Å². The van der Waals surface area contributed by atoms with Crippen LogP contribution >= 0.6 is 11.6 Å². The fourth-order valence-electron chi connectivity index (χ4n) is 4.51. The zero-order valence-corrected chi connectivity index (χ0v) is 19.4. The van der Waals surface area contributed by atoms with Gasteiger partial charge in [0.25, 0.3) is 0 Å². The van der Waals surface area contributed by atoms with Gasteiger partial charge in [0.15, 0.2) is 0 Å². The third kappa shape index (κ3) is 4.79. The second-order valence-corrected chi connectivity index (χ2v) is 9.03. The van der Waals surface area contributed by atoms with Gasteiger partial charge < -0.3 is 19.3 Å². The molecule has 1 aliphatic rings. The van der Waals surface area contributed by atoms with Crippen molar-refractivity contribution in [1.82, 2.24) is 14.5 Å². The molecule has 2 atom stereocenters. The van der Waals surface area contributed by atoms with Gasteiger partial charge in [-0.05, 0) is 29.8 Å². The highest BCUT2D eigenvalue weighted by molar-refractivity contribution is 6.32. The third-order valence-electron chi connectivity index (χ3n) is 6.14. The lowest BCUT2D eigenvalue weighted by molar-refractivity contribution is -0.128. The number of carbonyl (C=O) groups excluding carboxylic acids is 1. The van der Waals surface area contributed by atoms with E-state index in [0.29, 0.717) is 36.8 Å². The highest BCUT2D eigenvalue weighted by Crippen LogP contribution is 2.31. The molecule has 0 bridgehead atoms. The second kappa shape index (κ2) is 9.87. The van der Waals surface area contributed by atoms with E-state index in [1.807, 2.05) is 76.2 Å². The quantitative estimate of drug-likeness (QED) is 0.403. The van der Waals surface area contributed by atoms with Gasteiger partial charge in [-0.3, -0.25) is 4.79 Å². The SMILES string of the molecule is O=C1CC(c2nc3ccccc3n2CC(O)COc2ccccc2Cl)CN1Cc1ccccc1. The number of amides is 1. The number of benzene rings is 3. The Kier molecular flexibility index (Phi) is 6.52. The number of fused-ring (bicyclic) bond motifs is 1. The minimum absolute atomic E-state index is 0.0414. The van der Waals surface area contributed by atoms with E-state index in [0.717, 1.165) is 22.4 Å². The fourth-order valence-corrected chi connectivity index (χ4v) is 4.70. The maximum absolute atomic E-state index is 12.8. The summed E-state index contributed by atoms with van der Waals surface area (Å²) in [4.78, 5) is 19.6. The highest BCUT2D eigenvalue weighted by Gasteiger charge is 2.34. The van der Waals surface area contributed by atoms with Gasteiger partial charge in [-0.15, -0.1) is 0 Å². The predicted octanol–water partition coefficient (Wildman–Crippen LogP) is 4.65. The van der Waals surface area contributed by atoms with Gasteiger partial charge in [-0.1, -0.05) is 66.2 Å². The van der Waals surface area contributed by atoms with E-state index < -0.39 is 6.10 Å². The number of aliphatic hydroxyl groups excluding tert-OH is 1. The van der Waals surface area contributed by atoms with Gasteiger partial charge in [0, 0.05) is 25.4 Å². The molecule has 0 radical (unpaired) electrons. The molecule has 0 aliphatic carbocycles. The smallest absolute Gasteiger partial charge is 0.223 e. The largest absolute Gasteiger partial charge is 0.489 e. The minimum Gasteiger partial charge on any atom is -0.489 e. The summed E-state index contributed by atoms with van der Waals surface area (Å²) >= 11 is 6.17. The molecule has 174 valence electrons. The van der Waals surface area contributed by atoms with Crippen molar-refractivity contribution in [1.29, 1.82) is 0 Å². The summed E-state index contributed by atoms with van der Waals surface area (Å²) in [6, 6.07) is 25.1. The van der Waals surface area contributed by atoms with Gasteiger partial charge in [0.05, 0.1) is 22.6 Å². The molecule has 7 heteroatoms. The molecule has 5 rings (SSSR count). The molecule has 1 amide bonds. The number of para-hydroxylation sites is 3. The first-order valence-electron chi connectivity index (χ1n) is 11.4. The standard InChI is InChI=1S/C27H26ClN3O3/c28-22-10-4-7-13-25(22)34-18-21(32)17-31-24-12-6-5-11-23(24)29-27(31)20-14-26(33)30(16-20)15-19-8-2-1-3-9-19/h1-13,20-21,32H,14-18H2. The molecule has 1 aliphatic heterocycles. The van der Waals surface area contributed by atoms with E-state index in [1.54, 1.807) is 12.1 Å². The summed E-state index contributed by atoms with van der Waals surface area (Å²) in [6.07, 6.45) is -0.368. The van der Waals surface area contributed by atoms with Crippen LogP contribution in [0.3, 0.4) is 0 Å². The molecule has 1 N–H and O–H groups in total. The number of carbonyl (C=O) groups is 1. The fraction of sp³-hybridized carbons (Fsp3) is 0.259. The number of likely N-dealkylation sites (tertiary alicyclic amines) is 1. The lowest BCUT2D eigenvalue weighted by atomic mass is 10.1. The summed E-state index contributed by atoms with van der Waals surface area (Å²) in [5.74, 6) is 1.44. The van der Waals surface area contributed by atoms with E-state index in [9.17, 15) is 9.90 Å². The Morgan fingerprint density at radius 2 is 1.76 bits per heavy atom. The number of rotatable bonds is 8. The molecule has 2 heterocycles. The van der Waals surface area contributed by atoms with E-state index >= 15 is 0 Å². The molecule has 4 aromatic rings. The van der Waals surface area contributed by atoms with Crippen LogP contribution in [0.15, 0.2) is 78.9 Å². The number of nitrogens with zero attached hydrogens (tertiary/aromatic N) is 3. The summed E-state index contributed by atoms with van der Waals surface area (Å²) in [7, 11) is 0. The van der Waals surface area contributed by atoms with E-state index in [1.165, 1.54) is 0 Å². The molecular formula is C27H26ClN3O3. The Morgan fingerprint density at radius 3 is 2.59 bits per heavy atom. The van der Waals surface area contributed by atoms with Crippen LogP contribution in [0, 0.1) is 0 Å². The van der Waals surface area contributed by atoms with E-state index in [-0.39, 0.29) is 18.4 Å². The van der Waals surface area contributed by atoms with Crippen LogP contribution in [-0.2, 0) is 17.9 Å². The first kappa shape index (κ1) is 22.4. The van der Waals surface area contributed by atoms with Crippen molar-refractivity contribution in [3.05, 3.63) is 95.3 Å². The van der Waals surface area contributed by atoms with Gasteiger partial charge in [0.1, 0.15) is 24.3 Å². The number of hydrogen-bond donors (Lipinski definition) is 1. The monoisotopic (exact) mass is 475 g/mol. The van der Waals surface area contributed by atoms with Crippen LogP contribution in [0.4, 0.5) is 0 Å². The third-order valence-corrected chi connectivity index (χ3v) is 6.45. The Morgan fingerprint density at radius 1 is 1.03 bits per heavy atom. The molecule has 34 heavy (non-hydrogen) atoms. The van der Waals surface area contributed by atoms with Crippen LogP contribution in [0.2, 0.25) is 5.02 Å². The highest BCUT2D eigenvalue weighted by atomic mass is 35.5. The number of imidazole rings is 1. The maximum atomic E-state index is 12.8. The Hall–Kier alpha value is -3.35. The van der Waals surface area contributed by atoms with Crippen molar-refractivity contribution in [2.45, 2.75) is 31.5 Å². The van der Waals surface area contributed by atoms with Crippen LogP contribution in [0.5, 0.6) is 5.75 Å². The Bertz CT molecular complexity index is 1290. The summed E-state index contributed by atoms with van der Waals surface area (Å²) in [6.45, 7) is 1.59. The van der Waals surface area contributed by atoms with E-state index in [4.69, 9.17) is 21.3 Å². The number of ether oxygens (including phenoxy) is 1. The maximum Gasteiger partial charge on any atom is 0.223 e. The van der Waals surface area contributed by atoms with Crippen molar-refractivity contribution in [3.63, 3.8) is 0 Å². The van der Waals surface area contributed by atoms with Crippen molar-refractivity contribution in [2.75, 3.05) is 13.2 Å². The summed E-state index contributed by atoms with van der Waals surface area (Å²) in [5.41, 5.74) is 2.89. The number of halogens is 1. The van der Waals surface area contributed by atoms with Crippen molar-refractivity contribution < 1.29 is 14.6 Å². The Labute approximate surface area is 203 Å². The van der Waals surface area contributed by atoms with Crippen LogP contribution in [0.25, 0.3) is 11.0 Å². The molecule has 1 saturated heterocycles. The predicted molar refractivity (Wildman–Crippen MR) is 132 cm³/mol. The molecule has 1 aromatic heterocycles. The van der Waals surface area contributed by atoms with Crippen LogP contribution in [0.1, 0.15) is 23.7 Å². The van der Waals surface area contributed by atoms with Crippen molar-refractivity contribution in [2.24, 2.45) is 0 Å². The molecule has 3 aromatic carbocycles. The van der Waals surface area contributed by atoms with Crippen molar-refractivity contribution in [3.8, 4) is 5.75 Å². The Balaban J connectivity index is 1.35. The van der Waals surface area contributed by atoms with Gasteiger partial charge in [-0.25, -0.2) is 4.98 Å². The summed E-state index contributed by atoms with van der Waals surface area (Å²) < 4.78 is 7.77. The van der Waals surface area contributed by atoms with Crippen LogP contribution in [-0.4, -0.2) is 44.7 Å². The minimum atomic E-state index is -0.773. The van der Waals surface area contributed by atoms with Crippen molar-refractivity contribution >= 4 is 28.5 Å². The molecule has 6 nitrogen and oxygen atoms in total. The zero-order valence-electron chi connectivity index (χ0n) is 18.7. The van der Waals surface area contributed by atoms with Gasteiger partial charge in [0.2, 0.25) is 5.91 Å². The lowest BCUT2D eigenvalue weighted by Crippen LogP contribution is -2.26. The van der Waals surface area contributed by atoms with Gasteiger partial charge >= 0.3 is 0 Å². The zero-order chi connectivity index (χ0) is 23.5. The number of aliphatic hydroxyl groups is 1.